The number of nitrogens with one attached hydrogen (secondary N) is 2. The van der Waals surface area contributed by atoms with Gasteiger partial charge in [-0.3, -0.25) is 10.1 Å². The van der Waals surface area contributed by atoms with Crippen molar-refractivity contribution in [2.45, 2.75) is 6.92 Å². The predicted octanol–water partition coefficient (Wildman–Crippen LogP) is 1.54. The number of thiazole rings is 1. The Morgan fingerprint density at radius 2 is 2.06 bits per heavy atom. The minimum absolute atomic E-state index is 0.261. The van der Waals surface area contributed by atoms with E-state index in [4.69, 9.17) is 0 Å². The van der Waals surface area contributed by atoms with Crippen molar-refractivity contribution in [3.05, 3.63) is 29.2 Å². The number of carbonyl (C=O) groups excluding carboxylic acids is 1. The number of amides is 1. The molecule has 6 nitrogen and oxygen atoms in total. The van der Waals surface area contributed by atoms with Gasteiger partial charge in [0.25, 0.3) is 5.91 Å². The van der Waals surface area contributed by atoms with Gasteiger partial charge < -0.3 is 5.32 Å². The van der Waals surface area contributed by atoms with Crippen LogP contribution in [0.3, 0.4) is 0 Å². The average Bonchev–Trinajstić information content (AvgIpc) is 2.75. The molecular weight excluding hydrogens is 238 g/mol. The van der Waals surface area contributed by atoms with E-state index in [9.17, 15) is 4.79 Å². The molecule has 0 spiro atoms. The fourth-order valence-electron chi connectivity index (χ4n) is 1.15. The third-order valence-corrected chi connectivity index (χ3v) is 2.81. The minimum Gasteiger partial charge on any atom is -0.372 e. The molecule has 0 saturated heterocycles. The normalized spacial score (nSPS) is 10.0. The van der Waals surface area contributed by atoms with Crippen LogP contribution in [0.25, 0.3) is 0 Å². The number of hydrogen-bond donors (Lipinski definition) is 2. The van der Waals surface area contributed by atoms with Gasteiger partial charge >= 0.3 is 0 Å². The first-order valence-electron chi connectivity index (χ1n) is 4.92. The number of hydrogen-bond acceptors (Lipinski definition) is 6. The Kier molecular flexibility index (Phi) is 3.29. The van der Waals surface area contributed by atoms with E-state index in [-0.39, 0.29) is 11.6 Å². The van der Waals surface area contributed by atoms with Crippen molar-refractivity contribution in [3.63, 3.8) is 0 Å². The summed E-state index contributed by atoms with van der Waals surface area (Å²) in [7, 11) is 1.74. The molecule has 7 heteroatoms. The van der Waals surface area contributed by atoms with Gasteiger partial charge in [-0.25, -0.2) is 15.0 Å². The Morgan fingerprint density at radius 1 is 1.24 bits per heavy atom. The summed E-state index contributed by atoms with van der Waals surface area (Å²) < 4.78 is 0. The van der Waals surface area contributed by atoms with Gasteiger partial charge in [0.15, 0.2) is 5.13 Å². The highest BCUT2D eigenvalue weighted by molar-refractivity contribution is 7.15. The molecule has 1 amide bonds. The first kappa shape index (κ1) is 11.5. The van der Waals surface area contributed by atoms with Crippen molar-refractivity contribution in [2.24, 2.45) is 0 Å². The summed E-state index contributed by atoms with van der Waals surface area (Å²) >= 11 is 1.41. The second-order valence-electron chi connectivity index (χ2n) is 3.27. The zero-order valence-corrected chi connectivity index (χ0v) is 10.2. The van der Waals surface area contributed by atoms with Gasteiger partial charge in [0.1, 0.15) is 11.5 Å². The van der Waals surface area contributed by atoms with Crippen LogP contribution < -0.4 is 10.6 Å². The molecule has 0 aliphatic rings. The van der Waals surface area contributed by atoms with Crippen LogP contribution in [0.4, 0.5) is 10.9 Å². The molecule has 2 N–H and O–H groups in total. The van der Waals surface area contributed by atoms with Gasteiger partial charge in [-0.2, -0.15) is 0 Å². The van der Waals surface area contributed by atoms with Crippen LogP contribution in [0.15, 0.2) is 18.6 Å². The summed E-state index contributed by atoms with van der Waals surface area (Å²) in [4.78, 5) is 24.8. The third kappa shape index (κ3) is 2.76. The molecule has 0 unspecified atom stereocenters. The largest absolute Gasteiger partial charge is 0.372 e. The number of aromatic nitrogens is 3. The zero-order valence-electron chi connectivity index (χ0n) is 9.39. The summed E-state index contributed by atoms with van der Waals surface area (Å²) in [5, 5.41) is 6.05. The highest BCUT2D eigenvalue weighted by Crippen LogP contribution is 2.17. The van der Waals surface area contributed by atoms with Crippen molar-refractivity contribution in [1.29, 1.82) is 0 Å². The highest BCUT2D eigenvalue weighted by atomic mass is 32.1. The molecule has 88 valence electrons. The molecule has 0 aliphatic carbocycles. The maximum absolute atomic E-state index is 11.8. The number of carbonyl (C=O) groups is 1. The van der Waals surface area contributed by atoms with E-state index in [0.717, 1.165) is 4.88 Å². The van der Waals surface area contributed by atoms with Crippen LogP contribution in [0.5, 0.6) is 0 Å². The summed E-state index contributed by atoms with van der Waals surface area (Å²) in [5.74, 6) is 0.307. The number of aryl methyl sites for hydroxylation is 1. The molecular formula is C10H11N5OS. The van der Waals surface area contributed by atoms with Gasteiger partial charge in [-0.1, -0.05) is 0 Å². The molecule has 2 aromatic heterocycles. The molecule has 0 aliphatic heterocycles. The van der Waals surface area contributed by atoms with E-state index in [2.05, 4.69) is 25.6 Å². The second kappa shape index (κ2) is 4.88. The van der Waals surface area contributed by atoms with E-state index >= 15 is 0 Å². The fourth-order valence-corrected chi connectivity index (χ4v) is 1.81. The smallest absolute Gasteiger partial charge is 0.277 e. The van der Waals surface area contributed by atoms with Gasteiger partial charge in [0.2, 0.25) is 0 Å². The quantitative estimate of drug-likeness (QED) is 0.862. The average molecular weight is 249 g/mol. The maximum Gasteiger partial charge on any atom is 0.277 e. The van der Waals surface area contributed by atoms with Crippen LogP contribution in [-0.2, 0) is 0 Å². The standard InChI is InChI=1S/C10H11N5OS/c1-6-3-14-10(17-6)15-9(16)7-4-13-8(11-2)5-12-7/h3-5H,1-2H3,(H,11,13)(H,14,15,16). The molecule has 0 radical (unpaired) electrons. The fraction of sp³-hybridized carbons (Fsp3) is 0.200. The van der Waals surface area contributed by atoms with Crippen molar-refractivity contribution < 1.29 is 4.79 Å². The van der Waals surface area contributed by atoms with Crippen molar-refractivity contribution in [3.8, 4) is 0 Å². The van der Waals surface area contributed by atoms with Crippen molar-refractivity contribution in [2.75, 3.05) is 17.7 Å². The van der Waals surface area contributed by atoms with E-state index in [1.165, 1.54) is 23.7 Å². The van der Waals surface area contributed by atoms with Crippen molar-refractivity contribution >= 4 is 28.2 Å². The van der Waals surface area contributed by atoms with E-state index in [1.807, 2.05) is 6.92 Å². The molecule has 2 rings (SSSR count). The molecule has 0 saturated carbocycles. The molecule has 0 atom stereocenters. The highest BCUT2D eigenvalue weighted by Gasteiger charge is 2.09. The Hall–Kier alpha value is -2.02. The molecule has 2 heterocycles. The molecule has 0 aromatic carbocycles. The first-order chi connectivity index (χ1) is 8.19. The Morgan fingerprint density at radius 3 is 2.59 bits per heavy atom. The number of anilines is 2. The first-order valence-corrected chi connectivity index (χ1v) is 5.74. The van der Waals surface area contributed by atoms with Gasteiger partial charge in [0.05, 0.1) is 12.4 Å². The summed E-state index contributed by atoms with van der Waals surface area (Å²) in [5.41, 5.74) is 0.261. The van der Waals surface area contributed by atoms with Gasteiger partial charge in [-0.15, -0.1) is 11.3 Å². The lowest BCUT2D eigenvalue weighted by Gasteiger charge is -2.01. The molecule has 2 aromatic rings. The van der Waals surface area contributed by atoms with Crippen molar-refractivity contribution in [1.82, 2.24) is 15.0 Å². The molecule has 0 bridgehead atoms. The van der Waals surface area contributed by atoms with E-state index in [1.54, 1.807) is 13.2 Å². The monoisotopic (exact) mass is 249 g/mol. The predicted molar refractivity (Wildman–Crippen MR) is 66.4 cm³/mol. The minimum atomic E-state index is -0.311. The van der Waals surface area contributed by atoms with Crippen LogP contribution in [0.2, 0.25) is 0 Å². The number of rotatable bonds is 3. The van der Waals surface area contributed by atoms with Crippen LogP contribution in [0, 0.1) is 6.92 Å². The number of nitrogens with zero attached hydrogens (tertiary/aromatic N) is 3. The Bertz CT molecular complexity index is 522. The maximum atomic E-state index is 11.8. The second-order valence-corrected chi connectivity index (χ2v) is 4.50. The summed E-state index contributed by atoms with van der Waals surface area (Å²) in [6.45, 7) is 1.93. The topological polar surface area (TPSA) is 79.8 Å². The lowest BCUT2D eigenvalue weighted by Crippen LogP contribution is -2.14. The lowest BCUT2D eigenvalue weighted by atomic mass is 10.4. The van der Waals surface area contributed by atoms with Crippen LogP contribution in [0.1, 0.15) is 15.4 Å². The summed E-state index contributed by atoms with van der Waals surface area (Å²) in [6, 6.07) is 0. The van der Waals surface area contributed by atoms with Crippen LogP contribution in [-0.4, -0.2) is 27.9 Å². The van der Waals surface area contributed by atoms with Gasteiger partial charge in [-0.05, 0) is 6.92 Å². The SMILES string of the molecule is CNc1cnc(C(=O)Nc2ncc(C)s2)cn1. The Labute approximate surface area is 102 Å². The van der Waals surface area contributed by atoms with Gasteiger partial charge in [0, 0.05) is 18.1 Å². The third-order valence-electron chi connectivity index (χ3n) is 1.98. The van der Waals surface area contributed by atoms with E-state index in [0.29, 0.717) is 10.9 Å². The van der Waals surface area contributed by atoms with Crippen LogP contribution >= 0.6 is 11.3 Å². The summed E-state index contributed by atoms with van der Waals surface area (Å²) in [6.07, 6.45) is 4.62. The molecule has 0 fully saturated rings. The lowest BCUT2D eigenvalue weighted by molar-refractivity contribution is 0.102. The Balaban J connectivity index is 2.09. The molecule has 17 heavy (non-hydrogen) atoms. The zero-order chi connectivity index (χ0) is 12.3. The van der Waals surface area contributed by atoms with E-state index < -0.39 is 0 Å².